The van der Waals surface area contributed by atoms with E-state index in [4.69, 9.17) is 5.11 Å². The first-order valence-corrected chi connectivity index (χ1v) is 7.62. The summed E-state index contributed by atoms with van der Waals surface area (Å²) in [6, 6.07) is 8.35. The van der Waals surface area contributed by atoms with Crippen LogP contribution in [0, 0.1) is 5.92 Å². The summed E-state index contributed by atoms with van der Waals surface area (Å²) in [4.78, 5) is 22.6. The summed E-state index contributed by atoms with van der Waals surface area (Å²) in [6.45, 7) is 2.27. The van der Waals surface area contributed by atoms with E-state index in [-0.39, 0.29) is 18.2 Å². The zero-order valence-corrected chi connectivity index (χ0v) is 12.5. The topological polar surface area (TPSA) is 66.4 Å². The third-order valence-corrected chi connectivity index (χ3v) is 4.10. The van der Waals surface area contributed by atoms with Gasteiger partial charge in [0.05, 0.1) is 0 Å². The number of hydrogen-bond acceptors (Lipinski definition) is 2. The second-order valence-corrected chi connectivity index (χ2v) is 6.00. The van der Waals surface area contributed by atoms with Gasteiger partial charge < -0.3 is 10.4 Å². The van der Waals surface area contributed by atoms with Gasteiger partial charge >= 0.3 is 5.97 Å². The van der Waals surface area contributed by atoms with E-state index in [2.05, 4.69) is 23.5 Å². The van der Waals surface area contributed by atoms with Crippen LogP contribution < -0.4 is 5.32 Å². The second-order valence-electron chi connectivity index (χ2n) is 6.00. The van der Waals surface area contributed by atoms with Crippen molar-refractivity contribution < 1.29 is 14.7 Å². The fraction of sp³-hybridized carbons (Fsp3) is 0.529. The van der Waals surface area contributed by atoms with Gasteiger partial charge in [0.2, 0.25) is 5.91 Å². The number of amides is 1. The number of nitrogens with one attached hydrogen (secondary N) is 1. The quantitative estimate of drug-likeness (QED) is 0.846. The third kappa shape index (κ3) is 4.59. The molecule has 21 heavy (non-hydrogen) atoms. The number of carbonyl (C=O) groups excluding carboxylic acids is 1. The van der Waals surface area contributed by atoms with Crippen LogP contribution in [0.25, 0.3) is 0 Å². The maximum absolute atomic E-state index is 12.1. The maximum Gasteiger partial charge on any atom is 0.303 e. The van der Waals surface area contributed by atoms with Gasteiger partial charge in [-0.15, -0.1) is 0 Å². The zero-order chi connectivity index (χ0) is 15.2. The highest BCUT2D eigenvalue weighted by molar-refractivity contribution is 5.77. The van der Waals surface area contributed by atoms with E-state index in [1.165, 1.54) is 11.1 Å². The molecule has 1 aromatic carbocycles. The summed E-state index contributed by atoms with van der Waals surface area (Å²) in [5.41, 5.74) is 2.67. The molecule has 1 aromatic rings. The molecule has 114 valence electrons. The molecule has 2 N–H and O–H groups in total. The fourth-order valence-corrected chi connectivity index (χ4v) is 3.02. The first kappa shape index (κ1) is 15.5. The third-order valence-electron chi connectivity index (χ3n) is 4.10. The summed E-state index contributed by atoms with van der Waals surface area (Å²) < 4.78 is 0. The highest BCUT2D eigenvalue weighted by Gasteiger charge is 2.22. The molecular formula is C17H23NO3. The molecule has 4 heteroatoms. The lowest BCUT2D eigenvalue weighted by Gasteiger charge is -2.25. The minimum absolute atomic E-state index is 0.0222. The van der Waals surface area contributed by atoms with Crippen molar-refractivity contribution in [2.45, 2.75) is 44.9 Å². The summed E-state index contributed by atoms with van der Waals surface area (Å²) in [7, 11) is 0. The first-order valence-electron chi connectivity index (χ1n) is 7.62. The van der Waals surface area contributed by atoms with Gasteiger partial charge in [-0.25, -0.2) is 0 Å². The number of benzene rings is 1. The number of hydrogen-bond donors (Lipinski definition) is 2. The predicted octanol–water partition coefficient (Wildman–Crippen LogP) is 2.72. The van der Waals surface area contributed by atoms with Gasteiger partial charge in [-0.1, -0.05) is 31.2 Å². The van der Waals surface area contributed by atoms with E-state index < -0.39 is 5.97 Å². The van der Waals surface area contributed by atoms with Gasteiger partial charge in [-0.2, -0.15) is 0 Å². The van der Waals surface area contributed by atoms with Gasteiger partial charge in [0.1, 0.15) is 0 Å². The van der Waals surface area contributed by atoms with Crippen molar-refractivity contribution in [1.82, 2.24) is 5.32 Å². The van der Waals surface area contributed by atoms with E-state index in [1.54, 1.807) is 0 Å². The summed E-state index contributed by atoms with van der Waals surface area (Å²) in [5.74, 6) is -0.540. The number of rotatable bonds is 6. The van der Waals surface area contributed by atoms with Gasteiger partial charge in [-0.05, 0) is 42.2 Å². The lowest BCUT2D eigenvalue weighted by Crippen LogP contribution is -2.30. The van der Waals surface area contributed by atoms with Crippen LogP contribution >= 0.6 is 0 Å². The molecule has 2 unspecified atom stereocenters. The molecule has 0 saturated heterocycles. The molecule has 4 nitrogen and oxygen atoms in total. The number of aryl methyl sites for hydroxylation is 1. The Bertz CT molecular complexity index is 513. The van der Waals surface area contributed by atoms with Crippen molar-refractivity contribution in [1.29, 1.82) is 0 Å². The Labute approximate surface area is 125 Å². The largest absolute Gasteiger partial charge is 0.481 e. The molecule has 0 radical (unpaired) electrons. The van der Waals surface area contributed by atoms with Crippen molar-refractivity contribution in [2.24, 2.45) is 5.92 Å². The van der Waals surface area contributed by atoms with Crippen LogP contribution in [0.15, 0.2) is 24.3 Å². The number of carbonyl (C=O) groups is 2. The summed E-state index contributed by atoms with van der Waals surface area (Å²) in [5, 5.41) is 11.6. The molecule has 0 aromatic heterocycles. The van der Waals surface area contributed by atoms with Gasteiger partial charge in [0.25, 0.3) is 0 Å². The average Bonchev–Trinajstić information content (AvgIpc) is 2.45. The lowest BCUT2D eigenvalue weighted by atomic mass is 9.81. The van der Waals surface area contributed by atoms with Crippen molar-refractivity contribution in [3.63, 3.8) is 0 Å². The second kappa shape index (κ2) is 7.25. The molecule has 0 saturated carbocycles. The normalized spacial score (nSPS) is 18.6. The van der Waals surface area contributed by atoms with E-state index >= 15 is 0 Å². The van der Waals surface area contributed by atoms with Gasteiger partial charge in [0.15, 0.2) is 0 Å². The number of fused-ring (bicyclic) bond motifs is 1. The Hall–Kier alpha value is -1.84. The van der Waals surface area contributed by atoms with Crippen molar-refractivity contribution in [2.75, 3.05) is 6.54 Å². The average molecular weight is 289 g/mol. The van der Waals surface area contributed by atoms with Gasteiger partial charge in [-0.3, -0.25) is 9.59 Å². The molecule has 0 spiro atoms. The Morgan fingerprint density at radius 3 is 2.90 bits per heavy atom. The Balaban J connectivity index is 1.85. The molecule has 1 aliphatic carbocycles. The van der Waals surface area contributed by atoms with Crippen LogP contribution in [-0.2, 0) is 16.0 Å². The van der Waals surface area contributed by atoms with Gasteiger partial charge in [0, 0.05) is 19.4 Å². The predicted molar refractivity (Wildman–Crippen MR) is 81.2 cm³/mol. The smallest absolute Gasteiger partial charge is 0.303 e. The van der Waals surface area contributed by atoms with Crippen LogP contribution in [0.4, 0.5) is 0 Å². The van der Waals surface area contributed by atoms with E-state index in [9.17, 15) is 9.59 Å². The van der Waals surface area contributed by atoms with Crippen LogP contribution in [-0.4, -0.2) is 23.5 Å². The molecule has 2 rings (SSSR count). The number of carboxylic acids is 1. The molecule has 2 atom stereocenters. The SMILES string of the molecule is CC(CNC(=O)CC1CCCc2ccccc21)CC(=O)O. The van der Waals surface area contributed by atoms with E-state index in [0.717, 1.165) is 19.3 Å². The molecule has 0 bridgehead atoms. The van der Waals surface area contributed by atoms with Crippen molar-refractivity contribution in [3.8, 4) is 0 Å². The molecule has 0 aliphatic heterocycles. The highest BCUT2D eigenvalue weighted by atomic mass is 16.4. The zero-order valence-electron chi connectivity index (χ0n) is 12.5. The minimum atomic E-state index is -0.821. The lowest BCUT2D eigenvalue weighted by molar-refractivity contribution is -0.138. The standard InChI is InChI=1S/C17H23NO3/c1-12(9-17(20)21)11-18-16(19)10-14-7-4-6-13-5-2-3-8-15(13)14/h2-3,5,8,12,14H,4,6-7,9-11H2,1H3,(H,18,19)(H,20,21). The number of carboxylic acid groups (broad SMARTS) is 1. The van der Waals surface area contributed by atoms with Crippen LogP contribution in [0.3, 0.4) is 0 Å². The molecule has 0 fully saturated rings. The molecular weight excluding hydrogens is 266 g/mol. The summed E-state index contributed by atoms with van der Waals surface area (Å²) in [6.07, 6.45) is 3.87. The molecule has 1 aliphatic rings. The molecule has 1 amide bonds. The fourth-order valence-electron chi connectivity index (χ4n) is 3.02. The van der Waals surface area contributed by atoms with E-state index in [0.29, 0.717) is 18.9 Å². The Kier molecular flexibility index (Phi) is 5.37. The minimum Gasteiger partial charge on any atom is -0.481 e. The maximum atomic E-state index is 12.1. The van der Waals surface area contributed by atoms with Crippen LogP contribution in [0.5, 0.6) is 0 Å². The van der Waals surface area contributed by atoms with E-state index in [1.807, 2.05) is 13.0 Å². The Morgan fingerprint density at radius 2 is 2.14 bits per heavy atom. The highest BCUT2D eigenvalue weighted by Crippen LogP contribution is 2.33. The van der Waals surface area contributed by atoms with Crippen molar-refractivity contribution in [3.05, 3.63) is 35.4 Å². The molecule has 0 heterocycles. The Morgan fingerprint density at radius 1 is 1.38 bits per heavy atom. The monoisotopic (exact) mass is 289 g/mol. The van der Waals surface area contributed by atoms with Crippen LogP contribution in [0.2, 0.25) is 0 Å². The van der Waals surface area contributed by atoms with Crippen molar-refractivity contribution >= 4 is 11.9 Å². The first-order chi connectivity index (χ1) is 10.1. The number of aliphatic carboxylic acids is 1. The van der Waals surface area contributed by atoms with Crippen LogP contribution in [0.1, 0.15) is 49.7 Å². The summed E-state index contributed by atoms with van der Waals surface area (Å²) >= 11 is 0.